The van der Waals surface area contributed by atoms with Gasteiger partial charge in [0.15, 0.2) is 0 Å². The van der Waals surface area contributed by atoms with Crippen molar-refractivity contribution in [1.29, 1.82) is 0 Å². The van der Waals surface area contributed by atoms with Crippen LogP contribution in [0.4, 0.5) is 0 Å². The molecule has 0 bridgehead atoms. The molecule has 1 rings (SSSR count). The topological polar surface area (TPSA) is 76.2 Å². The standard InChI is InChI=1S/C7H10N2O2S/c8-5(4-7(10)11)3-6-9-1-2-12-6/h1-2,5H,3-4,8H2,(H,10,11)/t5-/m0/s1. The van der Waals surface area contributed by atoms with Crippen LogP contribution in [0.1, 0.15) is 11.4 Å². The first-order valence-corrected chi connectivity index (χ1v) is 4.42. The summed E-state index contributed by atoms with van der Waals surface area (Å²) < 4.78 is 0. The predicted molar refractivity (Wildman–Crippen MR) is 46.0 cm³/mol. The number of hydrogen-bond donors (Lipinski definition) is 2. The summed E-state index contributed by atoms with van der Waals surface area (Å²) in [6.45, 7) is 0. The second-order valence-electron chi connectivity index (χ2n) is 2.49. The van der Waals surface area contributed by atoms with Crippen molar-refractivity contribution in [1.82, 2.24) is 4.98 Å². The van der Waals surface area contributed by atoms with Gasteiger partial charge in [-0.15, -0.1) is 11.3 Å². The number of carboxylic acid groups (broad SMARTS) is 1. The van der Waals surface area contributed by atoms with Crippen LogP contribution in [0.3, 0.4) is 0 Å². The summed E-state index contributed by atoms with van der Waals surface area (Å²) in [5.41, 5.74) is 5.55. The Labute approximate surface area is 74.0 Å². The highest BCUT2D eigenvalue weighted by molar-refractivity contribution is 7.09. The number of carboxylic acids is 1. The Kier molecular flexibility index (Phi) is 3.19. The molecule has 3 N–H and O–H groups in total. The van der Waals surface area contributed by atoms with Gasteiger partial charge in [0.25, 0.3) is 0 Å². The normalized spacial score (nSPS) is 12.8. The lowest BCUT2D eigenvalue weighted by Gasteiger charge is -2.04. The first kappa shape index (κ1) is 9.15. The van der Waals surface area contributed by atoms with E-state index in [1.54, 1.807) is 6.20 Å². The van der Waals surface area contributed by atoms with E-state index in [1.807, 2.05) is 5.38 Å². The van der Waals surface area contributed by atoms with Crippen molar-refractivity contribution >= 4 is 17.3 Å². The van der Waals surface area contributed by atoms with Crippen LogP contribution >= 0.6 is 11.3 Å². The SMILES string of the molecule is N[C@H](CC(=O)O)Cc1nccs1. The van der Waals surface area contributed by atoms with E-state index >= 15 is 0 Å². The molecule has 0 aliphatic rings. The van der Waals surface area contributed by atoms with Crippen molar-refractivity contribution in [3.05, 3.63) is 16.6 Å². The van der Waals surface area contributed by atoms with Crippen LogP contribution in [0.25, 0.3) is 0 Å². The van der Waals surface area contributed by atoms with E-state index in [-0.39, 0.29) is 12.5 Å². The van der Waals surface area contributed by atoms with Crippen molar-refractivity contribution < 1.29 is 9.90 Å². The molecular formula is C7H10N2O2S. The highest BCUT2D eigenvalue weighted by Crippen LogP contribution is 2.07. The van der Waals surface area contributed by atoms with Crippen molar-refractivity contribution in [2.75, 3.05) is 0 Å². The molecule has 0 unspecified atom stereocenters. The molecule has 0 aliphatic carbocycles. The van der Waals surface area contributed by atoms with Crippen LogP contribution in [-0.2, 0) is 11.2 Å². The maximum absolute atomic E-state index is 10.2. The molecule has 0 amide bonds. The minimum Gasteiger partial charge on any atom is -0.481 e. The summed E-state index contributed by atoms with van der Waals surface area (Å²) in [6.07, 6.45) is 2.23. The highest BCUT2D eigenvalue weighted by atomic mass is 32.1. The maximum atomic E-state index is 10.2. The number of thiazole rings is 1. The van der Waals surface area contributed by atoms with Crippen LogP contribution in [0.5, 0.6) is 0 Å². The van der Waals surface area contributed by atoms with Gasteiger partial charge in [-0.25, -0.2) is 4.98 Å². The van der Waals surface area contributed by atoms with Crippen LogP contribution in [0.15, 0.2) is 11.6 Å². The third-order valence-corrected chi connectivity index (χ3v) is 2.16. The molecule has 0 spiro atoms. The van der Waals surface area contributed by atoms with E-state index < -0.39 is 5.97 Å². The third-order valence-electron chi connectivity index (χ3n) is 1.36. The number of carbonyl (C=O) groups is 1. The molecule has 66 valence electrons. The minimum absolute atomic E-state index is 0.000417. The van der Waals surface area contributed by atoms with Gasteiger partial charge >= 0.3 is 5.97 Å². The number of nitrogens with two attached hydrogens (primary N) is 1. The average molecular weight is 186 g/mol. The molecule has 1 aromatic rings. The third kappa shape index (κ3) is 2.98. The first-order valence-electron chi connectivity index (χ1n) is 3.54. The van der Waals surface area contributed by atoms with E-state index in [0.29, 0.717) is 6.42 Å². The predicted octanol–water partition coefficient (Wildman–Crippen LogP) is 0.488. The van der Waals surface area contributed by atoms with Crippen LogP contribution < -0.4 is 5.73 Å². The van der Waals surface area contributed by atoms with E-state index in [2.05, 4.69) is 4.98 Å². The number of aliphatic carboxylic acids is 1. The zero-order valence-corrected chi connectivity index (χ0v) is 7.25. The summed E-state index contributed by atoms with van der Waals surface area (Å²) in [7, 11) is 0. The first-order chi connectivity index (χ1) is 5.68. The fourth-order valence-corrected chi connectivity index (χ4v) is 1.59. The zero-order valence-electron chi connectivity index (χ0n) is 6.43. The van der Waals surface area contributed by atoms with Gasteiger partial charge in [0.2, 0.25) is 0 Å². The van der Waals surface area contributed by atoms with Gasteiger partial charge in [0, 0.05) is 24.0 Å². The second-order valence-corrected chi connectivity index (χ2v) is 3.47. The minimum atomic E-state index is -0.862. The van der Waals surface area contributed by atoms with E-state index in [0.717, 1.165) is 5.01 Å². The Morgan fingerprint density at radius 1 is 1.83 bits per heavy atom. The molecule has 5 heteroatoms. The Morgan fingerprint density at radius 3 is 3.08 bits per heavy atom. The van der Waals surface area contributed by atoms with Gasteiger partial charge in [-0.2, -0.15) is 0 Å². The zero-order chi connectivity index (χ0) is 8.97. The molecule has 1 aromatic heterocycles. The smallest absolute Gasteiger partial charge is 0.304 e. The molecular weight excluding hydrogens is 176 g/mol. The Hall–Kier alpha value is -0.940. The summed E-state index contributed by atoms with van der Waals surface area (Å²) in [6, 6.07) is -0.325. The van der Waals surface area contributed by atoms with Crippen LogP contribution in [0, 0.1) is 0 Å². The molecule has 0 fully saturated rings. The van der Waals surface area contributed by atoms with Crippen molar-refractivity contribution in [2.45, 2.75) is 18.9 Å². The molecule has 0 saturated carbocycles. The van der Waals surface area contributed by atoms with E-state index in [4.69, 9.17) is 10.8 Å². The van der Waals surface area contributed by atoms with Gasteiger partial charge < -0.3 is 10.8 Å². The largest absolute Gasteiger partial charge is 0.481 e. The molecule has 4 nitrogen and oxygen atoms in total. The van der Waals surface area contributed by atoms with Gasteiger partial charge in [0.05, 0.1) is 11.4 Å². The van der Waals surface area contributed by atoms with Gasteiger partial charge in [-0.3, -0.25) is 4.79 Å². The van der Waals surface area contributed by atoms with Crippen LogP contribution in [-0.4, -0.2) is 22.1 Å². The average Bonchev–Trinajstić information content (AvgIpc) is 2.37. The number of hydrogen-bond acceptors (Lipinski definition) is 4. The van der Waals surface area contributed by atoms with Crippen molar-refractivity contribution in [2.24, 2.45) is 5.73 Å². The number of aromatic nitrogens is 1. The monoisotopic (exact) mass is 186 g/mol. The van der Waals surface area contributed by atoms with E-state index in [9.17, 15) is 4.79 Å². The lowest BCUT2D eigenvalue weighted by Crippen LogP contribution is -2.25. The second kappa shape index (κ2) is 4.18. The number of nitrogens with zero attached hydrogens (tertiary/aromatic N) is 1. The summed E-state index contributed by atoms with van der Waals surface area (Å²) in [4.78, 5) is 14.3. The molecule has 1 atom stereocenters. The highest BCUT2D eigenvalue weighted by Gasteiger charge is 2.09. The molecule has 0 aromatic carbocycles. The van der Waals surface area contributed by atoms with Gasteiger partial charge in [0.1, 0.15) is 0 Å². The Bertz CT molecular complexity index is 248. The molecule has 0 radical (unpaired) electrons. The van der Waals surface area contributed by atoms with E-state index in [1.165, 1.54) is 11.3 Å². The Morgan fingerprint density at radius 2 is 2.58 bits per heavy atom. The van der Waals surface area contributed by atoms with Crippen LogP contribution in [0.2, 0.25) is 0 Å². The molecule has 12 heavy (non-hydrogen) atoms. The summed E-state index contributed by atoms with van der Waals surface area (Å²) >= 11 is 1.49. The number of rotatable bonds is 4. The fraction of sp³-hybridized carbons (Fsp3) is 0.429. The maximum Gasteiger partial charge on any atom is 0.304 e. The fourth-order valence-electron chi connectivity index (χ4n) is 0.875. The van der Waals surface area contributed by atoms with Gasteiger partial charge in [-0.05, 0) is 0 Å². The van der Waals surface area contributed by atoms with Crippen molar-refractivity contribution in [3.63, 3.8) is 0 Å². The Balaban J connectivity index is 2.36. The summed E-state index contributed by atoms with van der Waals surface area (Å²) in [5, 5.41) is 11.2. The van der Waals surface area contributed by atoms with Gasteiger partial charge in [-0.1, -0.05) is 0 Å². The lowest BCUT2D eigenvalue weighted by atomic mass is 10.1. The molecule has 0 saturated heterocycles. The molecule has 1 heterocycles. The van der Waals surface area contributed by atoms with Crippen molar-refractivity contribution in [3.8, 4) is 0 Å². The quantitative estimate of drug-likeness (QED) is 0.717. The summed E-state index contributed by atoms with van der Waals surface area (Å²) in [5.74, 6) is -0.862. The lowest BCUT2D eigenvalue weighted by molar-refractivity contribution is -0.137. The molecule has 0 aliphatic heterocycles.